The lowest BCUT2D eigenvalue weighted by Crippen LogP contribution is -2.51. The average molecular weight is 276 g/mol. The van der Waals surface area contributed by atoms with Gasteiger partial charge in [0.05, 0.1) is 6.61 Å². The van der Waals surface area contributed by atoms with Gasteiger partial charge in [-0.05, 0) is 18.4 Å². The summed E-state index contributed by atoms with van der Waals surface area (Å²) in [4.78, 5) is 5.03. The summed E-state index contributed by atoms with van der Waals surface area (Å²) in [5.41, 5.74) is 1.43. The number of benzene rings is 1. The summed E-state index contributed by atoms with van der Waals surface area (Å²) in [6.45, 7) is 9.06. The normalized spacial score (nSPS) is 20.8. The second-order valence-electron chi connectivity index (χ2n) is 5.65. The highest BCUT2D eigenvalue weighted by Crippen LogP contribution is 2.25. The third-order valence-electron chi connectivity index (χ3n) is 4.56. The number of aliphatic hydroxyl groups excluding tert-OH is 1. The predicted molar refractivity (Wildman–Crippen MR) is 83.8 cm³/mol. The van der Waals surface area contributed by atoms with Crippen LogP contribution in [-0.4, -0.2) is 53.7 Å². The third-order valence-corrected chi connectivity index (χ3v) is 4.56. The number of hydrogen-bond donors (Lipinski definition) is 1. The molecule has 3 heteroatoms. The van der Waals surface area contributed by atoms with Crippen LogP contribution in [0.4, 0.5) is 0 Å². The van der Waals surface area contributed by atoms with Crippen LogP contribution in [0, 0.1) is 0 Å². The van der Waals surface area contributed by atoms with Crippen LogP contribution >= 0.6 is 0 Å². The van der Waals surface area contributed by atoms with Crippen LogP contribution in [-0.2, 0) is 0 Å². The molecule has 1 fully saturated rings. The third kappa shape index (κ3) is 3.60. The number of aliphatic hydroxyl groups is 1. The van der Waals surface area contributed by atoms with Gasteiger partial charge in [0.1, 0.15) is 0 Å². The Morgan fingerprint density at radius 1 is 0.950 bits per heavy atom. The molecule has 1 aromatic rings. The molecule has 112 valence electrons. The molecular formula is C17H28N2O. The quantitative estimate of drug-likeness (QED) is 0.865. The first-order valence-electron chi connectivity index (χ1n) is 7.94. The minimum absolute atomic E-state index is 0.284. The molecule has 2 unspecified atom stereocenters. The van der Waals surface area contributed by atoms with E-state index in [0.29, 0.717) is 12.1 Å². The first-order chi connectivity index (χ1) is 9.80. The lowest BCUT2D eigenvalue weighted by molar-refractivity contribution is 0.0443. The van der Waals surface area contributed by atoms with Gasteiger partial charge in [-0.1, -0.05) is 44.2 Å². The van der Waals surface area contributed by atoms with Crippen LogP contribution in [0.1, 0.15) is 38.3 Å². The molecule has 1 aliphatic rings. The Morgan fingerprint density at radius 3 is 2.05 bits per heavy atom. The van der Waals surface area contributed by atoms with Crippen LogP contribution < -0.4 is 0 Å². The SMILES string of the molecule is CCC(CO)N1CCN(C(CC)c2ccccc2)CC1. The maximum absolute atomic E-state index is 9.42. The Kier molecular flexibility index (Phi) is 6.02. The fourth-order valence-corrected chi connectivity index (χ4v) is 3.30. The van der Waals surface area contributed by atoms with E-state index in [4.69, 9.17) is 0 Å². The standard InChI is InChI=1S/C17H28N2O/c1-3-16(14-20)18-10-12-19(13-11-18)17(4-2)15-8-6-5-7-9-15/h5-9,16-17,20H,3-4,10-14H2,1-2H3. The van der Waals surface area contributed by atoms with Crippen molar-refractivity contribution in [2.75, 3.05) is 32.8 Å². The van der Waals surface area contributed by atoms with Crippen molar-refractivity contribution in [1.29, 1.82) is 0 Å². The molecule has 0 radical (unpaired) electrons. The lowest BCUT2D eigenvalue weighted by Gasteiger charge is -2.41. The van der Waals surface area contributed by atoms with Gasteiger partial charge in [-0.3, -0.25) is 9.80 Å². The summed E-state index contributed by atoms with van der Waals surface area (Å²) in [7, 11) is 0. The molecule has 2 atom stereocenters. The summed E-state index contributed by atoms with van der Waals surface area (Å²) < 4.78 is 0. The van der Waals surface area contributed by atoms with Crippen molar-refractivity contribution in [3.05, 3.63) is 35.9 Å². The summed E-state index contributed by atoms with van der Waals surface area (Å²) in [6, 6.07) is 11.7. The van der Waals surface area contributed by atoms with Gasteiger partial charge in [0.25, 0.3) is 0 Å². The fraction of sp³-hybridized carbons (Fsp3) is 0.647. The van der Waals surface area contributed by atoms with E-state index >= 15 is 0 Å². The van der Waals surface area contributed by atoms with E-state index in [1.54, 1.807) is 0 Å². The van der Waals surface area contributed by atoms with Gasteiger partial charge in [-0.2, -0.15) is 0 Å². The molecule has 3 nitrogen and oxygen atoms in total. The van der Waals surface area contributed by atoms with Crippen molar-refractivity contribution in [2.45, 2.75) is 38.8 Å². The van der Waals surface area contributed by atoms with Gasteiger partial charge in [0, 0.05) is 38.3 Å². The minimum Gasteiger partial charge on any atom is -0.395 e. The van der Waals surface area contributed by atoms with E-state index in [0.717, 1.165) is 39.0 Å². The maximum Gasteiger partial charge on any atom is 0.0586 e. The second-order valence-corrected chi connectivity index (χ2v) is 5.65. The highest BCUT2D eigenvalue weighted by atomic mass is 16.3. The monoisotopic (exact) mass is 276 g/mol. The van der Waals surface area contributed by atoms with E-state index in [9.17, 15) is 5.11 Å². The van der Waals surface area contributed by atoms with Gasteiger partial charge in [0.2, 0.25) is 0 Å². The second kappa shape index (κ2) is 7.77. The van der Waals surface area contributed by atoms with Gasteiger partial charge in [0.15, 0.2) is 0 Å². The first-order valence-corrected chi connectivity index (χ1v) is 7.94. The van der Waals surface area contributed by atoms with Crippen LogP contribution in [0.25, 0.3) is 0 Å². The topological polar surface area (TPSA) is 26.7 Å². The van der Waals surface area contributed by atoms with Gasteiger partial charge < -0.3 is 5.11 Å². The van der Waals surface area contributed by atoms with Crippen LogP contribution in [0.15, 0.2) is 30.3 Å². The van der Waals surface area contributed by atoms with E-state index in [2.05, 4.69) is 54.0 Å². The van der Waals surface area contributed by atoms with Crippen molar-refractivity contribution in [3.63, 3.8) is 0 Å². The first kappa shape index (κ1) is 15.5. The highest BCUT2D eigenvalue weighted by molar-refractivity contribution is 5.19. The molecule has 1 aliphatic heterocycles. The molecule has 0 aromatic heterocycles. The molecule has 2 rings (SSSR count). The zero-order valence-electron chi connectivity index (χ0n) is 12.8. The highest BCUT2D eigenvalue weighted by Gasteiger charge is 2.26. The van der Waals surface area contributed by atoms with Crippen LogP contribution in [0.2, 0.25) is 0 Å². The molecule has 1 N–H and O–H groups in total. The molecule has 0 amide bonds. The Bertz CT molecular complexity index is 370. The van der Waals surface area contributed by atoms with E-state index in [1.165, 1.54) is 5.56 Å². The smallest absolute Gasteiger partial charge is 0.0586 e. The summed E-state index contributed by atoms with van der Waals surface area (Å²) in [6.07, 6.45) is 2.19. The van der Waals surface area contributed by atoms with Crippen molar-refractivity contribution in [1.82, 2.24) is 9.80 Å². The lowest BCUT2D eigenvalue weighted by atomic mass is 10.0. The summed E-state index contributed by atoms with van der Waals surface area (Å²) in [5, 5.41) is 9.42. The molecular weight excluding hydrogens is 248 g/mol. The van der Waals surface area contributed by atoms with Gasteiger partial charge in [-0.15, -0.1) is 0 Å². The van der Waals surface area contributed by atoms with E-state index in [-0.39, 0.29) is 6.61 Å². The molecule has 20 heavy (non-hydrogen) atoms. The maximum atomic E-state index is 9.42. The Labute approximate surface area is 123 Å². The fourth-order valence-electron chi connectivity index (χ4n) is 3.30. The Hall–Kier alpha value is -0.900. The molecule has 0 saturated carbocycles. The van der Waals surface area contributed by atoms with E-state index in [1.807, 2.05) is 0 Å². The zero-order chi connectivity index (χ0) is 14.4. The number of rotatable bonds is 6. The van der Waals surface area contributed by atoms with Gasteiger partial charge >= 0.3 is 0 Å². The van der Waals surface area contributed by atoms with Crippen molar-refractivity contribution >= 4 is 0 Å². The van der Waals surface area contributed by atoms with Crippen LogP contribution in [0.5, 0.6) is 0 Å². The van der Waals surface area contributed by atoms with Crippen molar-refractivity contribution in [2.24, 2.45) is 0 Å². The average Bonchev–Trinajstić information content (AvgIpc) is 2.52. The largest absolute Gasteiger partial charge is 0.395 e. The molecule has 0 aliphatic carbocycles. The van der Waals surface area contributed by atoms with Crippen molar-refractivity contribution in [3.8, 4) is 0 Å². The Morgan fingerprint density at radius 2 is 1.55 bits per heavy atom. The molecule has 0 spiro atoms. The Balaban J connectivity index is 1.95. The molecule has 1 aromatic carbocycles. The number of nitrogens with zero attached hydrogens (tertiary/aromatic N) is 2. The molecule has 1 saturated heterocycles. The number of hydrogen-bond acceptors (Lipinski definition) is 3. The number of piperazine rings is 1. The molecule has 1 heterocycles. The predicted octanol–water partition coefficient (Wildman–Crippen LogP) is 2.53. The van der Waals surface area contributed by atoms with Gasteiger partial charge in [-0.25, -0.2) is 0 Å². The van der Waals surface area contributed by atoms with Crippen LogP contribution in [0.3, 0.4) is 0 Å². The minimum atomic E-state index is 0.284. The van der Waals surface area contributed by atoms with E-state index < -0.39 is 0 Å². The summed E-state index contributed by atoms with van der Waals surface area (Å²) in [5.74, 6) is 0. The summed E-state index contributed by atoms with van der Waals surface area (Å²) >= 11 is 0. The zero-order valence-corrected chi connectivity index (χ0v) is 12.8. The van der Waals surface area contributed by atoms with Crippen molar-refractivity contribution < 1.29 is 5.11 Å². The molecule has 0 bridgehead atoms.